The number of benzene rings is 3. The molecule has 0 saturated carbocycles. The third-order valence-electron chi connectivity index (χ3n) is 3.46. The fourth-order valence-corrected chi connectivity index (χ4v) is 2.57. The third kappa shape index (κ3) is 1.74. The van der Waals surface area contributed by atoms with Crippen LogP contribution in [0.1, 0.15) is 0 Å². The number of H-pyrrole nitrogens is 1. The molecule has 0 amide bonds. The topological polar surface area (TPSA) is 25.0 Å². The van der Waals surface area contributed by atoms with Crippen molar-refractivity contribution in [3.8, 4) is 11.5 Å². The molecule has 0 unspecified atom stereocenters. The van der Waals surface area contributed by atoms with Gasteiger partial charge in [0.15, 0.2) is 0 Å². The number of aromatic nitrogens is 1. The Kier molecular flexibility index (Phi) is 2.46. The maximum atomic E-state index is 6.04. The van der Waals surface area contributed by atoms with Crippen LogP contribution in [0, 0.1) is 0 Å². The number of rotatable bonds is 2. The highest BCUT2D eigenvalue weighted by Gasteiger charge is 2.09. The molecule has 4 rings (SSSR count). The van der Waals surface area contributed by atoms with Crippen LogP contribution in [0.15, 0.2) is 72.8 Å². The molecule has 0 radical (unpaired) electrons. The third-order valence-corrected chi connectivity index (χ3v) is 3.46. The van der Waals surface area contributed by atoms with E-state index in [-0.39, 0.29) is 0 Å². The Balaban J connectivity index is 1.95. The van der Waals surface area contributed by atoms with Gasteiger partial charge in [-0.1, -0.05) is 42.5 Å². The van der Waals surface area contributed by atoms with Gasteiger partial charge in [-0.3, -0.25) is 0 Å². The van der Waals surface area contributed by atoms with E-state index < -0.39 is 0 Å². The Morgan fingerprint density at radius 2 is 1.40 bits per heavy atom. The second-order valence-electron chi connectivity index (χ2n) is 4.76. The van der Waals surface area contributed by atoms with E-state index in [0.717, 1.165) is 27.9 Å². The van der Waals surface area contributed by atoms with Crippen LogP contribution in [-0.4, -0.2) is 4.98 Å². The SMILES string of the molecule is c1ccc(Oc2cccc3[nH]c4ccccc4c23)cc1. The number of para-hydroxylation sites is 2. The summed E-state index contributed by atoms with van der Waals surface area (Å²) in [5.41, 5.74) is 2.23. The van der Waals surface area contributed by atoms with Gasteiger partial charge in [0.2, 0.25) is 0 Å². The van der Waals surface area contributed by atoms with E-state index in [4.69, 9.17) is 4.74 Å². The van der Waals surface area contributed by atoms with Gasteiger partial charge in [0, 0.05) is 10.9 Å². The van der Waals surface area contributed by atoms with Crippen molar-refractivity contribution in [2.75, 3.05) is 0 Å². The number of fused-ring (bicyclic) bond motifs is 3. The standard InChI is InChI=1S/C18H13NO/c1-2-7-13(8-3-1)20-17-12-6-11-16-18(17)14-9-4-5-10-15(14)19-16/h1-12,19H. The first-order chi connectivity index (χ1) is 9.92. The monoisotopic (exact) mass is 259 g/mol. The zero-order valence-electron chi connectivity index (χ0n) is 10.8. The lowest BCUT2D eigenvalue weighted by Crippen LogP contribution is -1.84. The molecule has 0 bridgehead atoms. The van der Waals surface area contributed by atoms with Crippen LogP contribution in [-0.2, 0) is 0 Å². The van der Waals surface area contributed by atoms with E-state index in [9.17, 15) is 0 Å². The second kappa shape index (κ2) is 4.42. The molecular weight excluding hydrogens is 246 g/mol. The Morgan fingerprint density at radius 1 is 0.650 bits per heavy atom. The highest BCUT2D eigenvalue weighted by molar-refractivity contribution is 6.10. The molecule has 1 heterocycles. The Hall–Kier alpha value is -2.74. The van der Waals surface area contributed by atoms with E-state index in [0.29, 0.717) is 0 Å². The smallest absolute Gasteiger partial charge is 0.137 e. The molecule has 0 spiro atoms. The van der Waals surface area contributed by atoms with Crippen LogP contribution in [0.4, 0.5) is 0 Å². The molecular formula is C18H13NO. The molecule has 1 aromatic heterocycles. The van der Waals surface area contributed by atoms with Gasteiger partial charge in [0.25, 0.3) is 0 Å². The van der Waals surface area contributed by atoms with Crippen LogP contribution in [0.2, 0.25) is 0 Å². The molecule has 0 saturated heterocycles. The van der Waals surface area contributed by atoms with Gasteiger partial charge >= 0.3 is 0 Å². The van der Waals surface area contributed by atoms with Crippen molar-refractivity contribution in [2.45, 2.75) is 0 Å². The molecule has 0 atom stereocenters. The van der Waals surface area contributed by atoms with Crippen LogP contribution >= 0.6 is 0 Å². The molecule has 20 heavy (non-hydrogen) atoms. The summed E-state index contributed by atoms with van der Waals surface area (Å²) in [6, 6.07) is 24.3. The zero-order chi connectivity index (χ0) is 13.4. The molecule has 96 valence electrons. The fourth-order valence-electron chi connectivity index (χ4n) is 2.57. The Morgan fingerprint density at radius 3 is 2.30 bits per heavy atom. The summed E-state index contributed by atoms with van der Waals surface area (Å²) in [5, 5.41) is 2.32. The fraction of sp³-hybridized carbons (Fsp3) is 0. The first-order valence-electron chi connectivity index (χ1n) is 6.64. The molecule has 0 aliphatic carbocycles. The van der Waals surface area contributed by atoms with Gasteiger partial charge in [-0.25, -0.2) is 0 Å². The van der Waals surface area contributed by atoms with Gasteiger partial charge in [-0.05, 0) is 30.3 Å². The quantitative estimate of drug-likeness (QED) is 0.531. The van der Waals surface area contributed by atoms with E-state index in [1.807, 2.05) is 48.5 Å². The van der Waals surface area contributed by atoms with Crippen molar-refractivity contribution >= 4 is 21.8 Å². The van der Waals surface area contributed by atoms with Gasteiger partial charge in [0.05, 0.1) is 10.9 Å². The molecule has 1 N–H and O–H groups in total. The molecule has 2 heteroatoms. The first kappa shape index (κ1) is 11.1. The van der Waals surface area contributed by atoms with E-state index in [2.05, 4.69) is 29.2 Å². The molecule has 4 aromatic rings. The van der Waals surface area contributed by atoms with Gasteiger partial charge in [-0.2, -0.15) is 0 Å². The highest BCUT2D eigenvalue weighted by atomic mass is 16.5. The van der Waals surface area contributed by atoms with Crippen molar-refractivity contribution in [3.05, 3.63) is 72.8 Å². The zero-order valence-corrected chi connectivity index (χ0v) is 10.8. The lowest BCUT2D eigenvalue weighted by Gasteiger charge is -2.07. The minimum absolute atomic E-state index is 0.852. The van der Waals surface area contributed by atoms with Gasteiger partial charge < -0.3 is 9.72 Å². The number of ether oxygens (including phenoxy) is 1. The summed E-state index contributed by atoms with van der Waals surface area (Å²) in [7, 11) is 0. The lowest BCUT2D eigenvalue weighted by atomic mass is 10.1. The molecule has 0 aliphatic rings. The summed E-state index contributed by atoms with van der Waals surface area (Å²) in [4.78, 5) is 3.42. The van der Waals surface area contributed by atoms with Gasteiger partial charge in [0.1, 0.15) is 11.5 Å². The van der Waals surface area contributed by atoms with Crippen LogP contribution < -0.4 is 4.74 Å². The van der Waals surface area contributed by atoms with Crippen molar-refractivity contribution in [2.24, 2.45) is 0 Å². The predicted molar refractivity (Wildman–Crippen MR) is 82.3 cm³/mol. The normalized spacial score (nSPS) is 11.0. The minimum atomic E-state index is 0.852. The number of hydrogen-bond acceptors (Lipinski definition) is 1. The largest absolute Gasteiger partial charge is 0.457 e. The summed E-state index contributed by atoms with van der Waals surface area (Å²) < 4.78 is 6.04. The van der Waals surface area contributed by atoms with E-state index >= 15 is 0 Å². The van der Waals surface area contributed by atoms with Crippen molar-refractivity contribution in [1.82, 2.24) is 4.98 Å². The maximum Gasteiger partial charge on any atom is 0.137 e. The van der Waals surface area contributed by atoms with E-state index in [1.165, 1.54) is 5.39 Å². The molecule has 2 nitrogen and oxygen atoms in total. The van der Waals surface area contributed by atoms with Crippen molar-refractivity contribution in [1.29, 1.82) is 0 Å². The van der Waals surface area contributed by atoms with Crippen LogP contribution in [0.5, 0.6) is 11.5 Å². The van der Waals surface area contributed by atoms with E-state index in [1.54, 1.807) is 0 Å². The number of nitrogens with one attached hydrogen (secondary N) is 1. The van der Waals surface area contributed by atoms with Crippen molar-refractivity contribution in [3.63, 3.8) is 0 Å². The average Bonchev–Trinajstić information content (AvgIpc) is 2.88. The predicted octanol–water partition coefficient (Wildman–Crippen LogP) is 5.11. The summed E-state index contributed by atoms with van der Waals surface area (Å²) in [6.07, 6.45) is 0. The van der Waals surface area contributed by atoms with Crippen LogP contribution in [0.3, 0.4) is 0 Å². The lowest BCUT2D eigenvalue weighted by molar-refractivity contribution is 0.488. The maximum absolute atomic E-state index is 6.04. The minimum Gasteiger partial charge on any atom is -0.457 e. The van der Waals surface area contributed by atoms with Gasteiger partial charge in [-0.15, -0.1) is 0 Å². The summed E-state index contributed by atoms with van der Waals surface area (Å²) >= 11 is 0. The molecule has 3 aromatic carbocycles. The Labute approximate surface area is 116 Å². The summed E-state index contributed by atoms with van der Waals surface area (Å²) in [5.74, 6) is 1.73. The molecule has 0 fully saturated rings. The highest BCUT2D eigenvalue weighted by Crippen LogP contribution is 2.35. The Bertz CT molecular complexity index is 878. The van der Waals surface area contributed by atoms with Crippen molar-refractivity contribution < 1.29 is 4.74 Å². The number of hydrogen-bond donors (Lipinski definition) is 1. The summed E-state index contributed by atoms with van der Waals surface area (Å²) in [6.45, 7) is 0. The number of aromatic amines is 1. The average molecular weight is 259 g/mol. The van der Waals surface area contributed by atoms with Crippen LogP contribution in [0.25, 0.3) is 21.8 Å². The molecule has 0 aliphatic heterocycles. The second-order valence-corrected chi connectivity index (χ2v) is 4.76. The first-order valence-corrected chi connectivity index (χ1v) is 6.64.